The first-order valence-corrected chi connectivity index (χ1v) is 9.45. The first-order chi connectivity index (χ1) is 12.7. The van der Waals surface area contributed by atoms with Crippen molar-refractivity contribution in [1.82, 2.24) is 0 Å². The van der Waals surface area contributed by atoms with Gasteiger partial charge in [0.15, 0.2) is 11.5 Å². The van der Waals surface area contributed by atoms with Gasteiger partial charge < -0.3 is 14.8 Å². The highest BCUT2D eigenvalue weighted by Gasteiger charge is 2.24. The Morgan fingerprint density at radius 3 is 2.30 bits per heavy atom. The lowest BCUT2D eigenvalue weighted by Gasteiger charge is -2.22. The summed E-state index contributed by atoms with van der Waals surface area (Å²) in [7, 11) is -1.12. The fourth-order valence-corrected chi connectivity index (χ4v) is 3.17. The van der Waals surface area contributed by atoms with Crippen LogP contribution in [0.5, 0.6) is 11.5 Å². The molecule has 10 heteroatoms. The zero-order valence-corrected chi connectivity index (χ0v) is 15.6. The lowest BCUT2D eigenvalue weighted by atomic mass is 10.2. The molecule has 27 heavy (non-hydrogen) atoms. The second kappa shape index (κ2) is 8.21. The SMILES string of the molecule is COc1ccc(NC(=O)CN(c2ccc(F)cc2F)S(C)(=O)=O)cc1OC. The van der Waals surface area contributed by atoms with E-state index >= 15 is 0 Å². The van der Waals surface area contributed by atoms with Crippen LogP contribution < -0.4 is 19.1 Å². The maximum Gasteiger partial charge on any atom is 0.245 e. The van der Waals surface area contributed by atoms with Crippen LogP contribution in [0.2, 0.25) is 0 Å². The number of benzene rings is 2. The number of methoxy groups -OCH3 is 2. The van der Waals surface area contributed by atoms with Gasteiger partial charge >= 0.3 is 0 Å². The Bertz CT molecular complexity index is 950. The molecule has 0 atom stereocenters. The van der Waals surface area contributed by atoms with Crippen LogP contribution in [0.4, 0.5) is 20.2 Å². The van der Waals surface area contributed by atoms with Crippen LogP contribution in [-0.2, 0) is 14.8 Å². The van der Waals surface area contributed by atoms with E-state index in [1.165, 1.54) is 26.4 Å². The summed E-state index contributed by atoms with van der Waals surface area (Å²) < 4.78 is 61.8. The van der Waals surface area contributed by atoms with Crippen molar-refractivity contribution in [2.75, 3.05) is 36.6 Å². The molecule has 0 aliphatic rings. The summed E-state index contributed by atoms with van der Waals surface area (Å²) in [5, 5.41) is 2.49. The first-order valence-electron chi connectivity index (χ1n) is 7.60. The van der Waals surface area contributed by atoms with Gasteiger partial charge in [-0.15, -0.1) is 0 Å². The van der Waals surface area contributed by atoms with Gasteiger partial charge in [0.2, 0.25) is 15.9 Å². The lowest BCUT2D eigenvalue weighted by molar-refractivity contribution is -0.114. The lowest BCUT2D eigenvalue weighted by Crippen LogP contribution is -2.38. The average molecular weight is 400 g/mol. The van der Waals surface area contributed by atoms with Crippen molar-refractivity contribution in [3.63, 3.8) is 0 Å². The van der Waals surface area contributed by atoms with Crippen molar-refractivity contribution in [3.8, 4) is 11.5 Å². The van der Waals surface area contributed by atoms with Crippen molar-refractivity contribution >= 4 is 27.3 Å². The van der Waals surface area contributed by atoms with Gasteiger partial charge in [0.05, 0.1) is 26.2 Å². The molecule has 0 radical (unpaired) electrons. The molecular weight excluding hydrogens is 382 g/mol. The van der Waals surface area contributed by atoms with Crippen LogP contribution in [0.1, 0.15) is 0 Å². The van der Waals surface area contributed by atoms with Crippen LogP contribution in [-0.4, -0.2) is 41.3 Å². The third kappa shape index (κ3) is 5.07. The van der Waals surface area contributed by atoms with Gasteiger partial charge in [0.25, 0.3) is 0 Å². The molecule has 0 saturated heterocycles. The van der Waals surface area contributed by atoms with Gasteiger partial charge in [0.1, 0.15) is 18.2 Å². The van der Waals surface area contributed by atoms with Crippen molar-refractivity contribution in [1.29, 1.82) is 0 Å². The summed E-state index contributed by atoms with van der Waals surface area (Å²) in [4.78, 5) is 12.3. The Morgan fingerprint density at radius 1 is 1.07 bits per heavy atom. The van der Waals surface area contributed by atoms with Crippen LogP contribution in [0.25, 0.3) is 0 Å². The molecule has 2 aromatic carbocycles. The Kier molecular flexibility index (Phi) is 6.21. The van der Waals surface area contributed by atoms with E-state index in [2.05, 4.69) is 5.32 Å². The van der Waals surface area contributed by atoms with E-state index in [1.54, 1.807) is 6.07 Å². The van der Waals surface area contributed by atoms with Gasteiger partial charge in [0, 0.05) is 17.8 Å². The smallest absolute Gasteiger partial charge is 0.245 e. The van der Waals surface area contributed by atoms with Crippen molar-refractivity contribution < 1.29 is 31.5 Å². The maximum atomic E-state index is 14.0. The van der Waals surface area contributed by atoms with Gasteiger partial charge in [-0.25, -0.2) is 17.2 Å². The van der Waals surface area contributed by atoms with Gasteiger partial charge in [-0.3, -0.25) is 9.10 Å². The number of carbonyl (C=O) groups is 1. The molecule has 0 aromatic heterocycles. The third-order valence-corrected chi connectivity index (χ3v) is 4.66. The van der Waals surface area contributed by atoms with Crippen LogP contribution in [0.15, 0.2) is 36.4 Å². The Morgan fingerprint density at radius 2 is 1.74 bits per heavy atom. The number of sulfonamides is 1. The van der Waals surface area contributed by atoms with Crippen LogP contribution >= 0.6 is 0 Å². The number of anilines is 2. The number of carbonyl (C=O) groups excluding carboxylic acids is 1. The molecule has 0 saturated carbocycles. The molecule has 0 bridgehead atoms. The van der Waals surface area contributed by atoms with E-state index in [0.717, 1.165) is 18.4 Å². The molecule has 0 fully saturated rings. The Hall–Kier alpha value is -2.88. The van der Waals surface area contributed by atoms with Gasteiger partial charge in [-0.1, -0.05) is 0 Å². The molecule has 1 N–H and O–H groups in total. The minimum absolute atomic E-state index is 0.325. The highest BCUT2D eigenvalue weighted by Crippen LogP contribution is 2.30. The normalized spacial score (nSPS) is 11.0. The highest BCUT2D eigenvalue weighted by molar-refractivity contribution is 7.92. The van der Waals surface area contributed by atoms with Crippen LogP contribution in [0, 0.1) is 11.6 Å². The largest absolute Gasteiger partial charge is 0.493 e. The number of ether oxygens (including phenoxy) is 2. The fraction of sp³-hybridized carbons (Fsp3) is 0.235. The summed E-state index contributed by atoms with van der Waals surface area (Å²) in [5.74, 6) is -1.88. The molecular formula is C17H18F2N2O5S. The summed E-state index contributed by atoms with van der Waals surface area (Å²) >= 11 is 0. The minimum atomic E-state index is -4.00. The fourth-order valence-electron chi connectivity index (χ4n) is 2.31. The first kappa shape index (κ1) is 20.4. The molecule has 0 spiro atoms. The molecule has 146 valence electrons. The standard InChI is InChI=1S/C17H18F2N2O5S/c1-25-15-7-5-12(9-16(15)26-2)20-17(22)10-21(27(3,23)24)14-6-4-11(18)8-13(14)19/h4-9H,10H2,1-3H3,(H,20,22). The third-order valence-electron chi connectivity index (χ3n) is 3.53. The van der Waals surface area contributed by atoms with E-state index in [-0.39, 0.29) is 0 Å². The van der Waals surface area contributed by atoms with E-state index in [9.17, 15) is 22.0 Å². The molecule has 1 amide bonds. The number of hydrogen-bond donors (Lipinski definition) is 1. The molecule has 0 aliphatic carbocycles. The van der Waals surface area contributed by atoms with E-state index in [1.807, 2.05) is 0 Å². The predicted molar refractivity (Wildman–Crippen MR) is 96.7 cm³/mol. The van der Waals surface area contributed by atoms with Crippen LogP contribution in [0.3, 0.4) is 0 Å². The second-order valence-corrected chi connectivity index (χ2v) is 7.39. The summed E-state index contributed by atoms with van der Waals surface area (Å²) in [6, 6.07) is 6.98. The van der Waals surface area contributed by atoms with Gasteiger partial charge in [-0.05, 0) is 24.3 Å². The second-order valence-electron chi connectivity index (χ2n) is 5.48. The topological polar surface area (TPSA) is 84.9 Å². The maximum absolute atomic E-state index is 14.0. The zero-order chi connectivity index (χ0) is 20.2. The average Bonchev–Trinajstić information content (AvgIpc) is 2.59. The van der Waals surface area contributed by atoms with Crippen molar-refractivity contribution in [2.24, 2.45) is 0 Å². The number of halogens is 2. The molecule has 7 nitrogen and oxygen atoms in total. The monoisotopic (exact) mass is 400 g/mol. The van der Waals surface area contributed by atoms with E-state index in [4.69, 9.17) is 9.47 Å². The Balaban J connectivity index is 2.25. The Labute approximate surface area is 155 Å². The van der Waals surface area contributed by atoms with Gasteiger partial charge in [-0.2, -0.15) is 0 Å². The summed E-state index contributed by atoms with van der Waals surface area (Å²) in [6.45, 7) is -0.699. The summed E-state index contributed by atoms with van der Waals surface area (Å²) in [5.41, 5.74) is -0.105. The number of amides is 1. The zero-order valence-electron chi connectivity index (χ0n) is 14.8. The molecule has 2 rings (SSSR count). The highest BCUT2D eigenvalue weighted by atomic mass is 32.2. The number of hydrogen-bond acceptors (Lipinski definition) is 5. The number of nitrogens with zero attached hydrogens (tertiary/aromatic N) is 1. The minimum Gasteiger partial charge on any atom is -0.493 e. The van der Waals surface area contributed by atoms with E-state index in [0.29, 0.717) is 27.6 Å². The quantitative estimate of drug-likeness (QED) is 0.772. The predicted octanol–water partition coefficient (Wildman–Crippen LogP) is 2.39. The molecule has 0 unspecified atom stereocenters. The number of rotatable bonds is 7. The molecule has 0 heterocycles. The van der Waals surface area contributed by atoms with E-state index < -0.39 is 39.8 Å². The van der Waals surface area contributed by atoms with Crippen molar-refractivity contribution in [2.45, 2.75) is 0 Å². The molecule has 2 aromatic rings. The summed E-state index contributed by atoms with van der Waals surface area (Å²) in [6.07, 6.45) is 0.819. The number of nitrogens with one attached hydrogen (secondary N) is 1. The molecule has 0 aliphatic heterocycles. The van der Waals surface area contributed by atoms with Crippen molar-refractivity contribution in [3.05, 3.63) is 48.0 Å².